The van der Waals surface area contributed by atoms with Crippen molar-refractivity contribution in [1.82, 2.24) is 25.1 Å². The number of nitrogens with zero attached hydrogens (tertiary/aromatic N) is 4. The summed E-state index contributed by atoms with van der Waals surface area (Å²) in [6.45, 7) is 4.94. The standard InChI is InChI=1S/C16H19N5/c1-11(14-4-6-17-7-5-14)18-9-13-8-15-12(2)20-21(3)16(15)19-10-13/h4-8,10-11,18H,9H2,1-3H3. The van der Waals surface area contributed by atoms with Crippen LogP contribution in [-0.4, -0.2) is 19.7 Å². The molecule has 0 aliphatic rings. The second kappa shape index (κ2) is 5.61. The Balaban J connectivity index is 1.75. The lowest BCUT2D eigenvalue weighted by molar-refractivity contribution is 0.573. The summed E-state index contributed by atoms with van der Waals surface area (Å²) < 4.78 is 1.82. The van der Waals surface area contributed by atoms with Gasteiger partial charge in [-0.2, -0.15) is 5.10 Å². The van der Waals surface area contributed by atoms with Gasteiger partial charge in [-0.1, -0.05) is 0 Å². The van der Waals surface area contributed by atoms with Gasteiger partial charge in [-0.15, -0.1) is 0 Å². The van der Waals surface area contributed by atoms with Crippen LogP contribution in [0.5, 0.6) is 0 Å². The Hall–Kier alpha value is -2.27. The second-order valence-corrected chi connectivity index (χ2v) is 5.31. The highest BCUT2D eigenvalue weighted by Gasteiger charge is 2.08. The predicted octanol–water partition coefficient (Wildman–Crippen LogP) is 2.52. The molecule has 0 aromatic carbocycles. The zero-order valence-corrected chi connectivity index (χ0v) is 12.5. The van der Waals surface area contributed by atoms with Gasteiger partial charge >= 0.3 is 0 Å². The third kappa shape index (κ3) is 2.78. The molecular weight excluding hydrogens is 262 g/mol. The zero-order valence-electron chi connectivity index (χ0n) is 12.5. The second-order valence-electron chi connectivity index (χ2n) is 5.31. The van der Waals surface area contributed by atoms with E-state index in [1.54, 1.807) is 0 Å². The SMILES string of the molecule is Cc1nn(C)c2ncc(CNC(C)c3ccncc3)cc12. The van der Waals surface area contributed by atoms with E-state index in [1.165, 1.54) is 11.1 Å². The van der Waals surface area contributed by atoms with Crippen molar-refractivity contribution in [1.29, 1.82) is 0 Å². The van der Waals surface area contributed by atoms with E-state index in [1.807, 2.05) is 49.4 Å². The number of nitrogens with one attached hydrogen (secondary N) is 1. The van der Waals surface area contributed by atoms with E-state index < -0.39 is 0 Å². The van der Waals surface area contributed by atoms with Crippen LogP contribution in [0.3, 0.4) is 0 Å². The Morgan fingerprint density at radius 2 is 2.05 bits per heavy atom. The van der Waals surface area contributed by atoms with Crippen molar-refractivity contribution in [2.24, 2.45) is 7.05 Å². The maximum Gasteiger partial charge on any atom is 0.157 e. The van der Waals surface area contributed by atoms with Gasteiger partial charge in [0.05, 0.1) is 5.69 Å². The lowest BCUT2D eigenvalue weighted by atomic mass is 10.1. The minimum Gasteiger partial charge on any atom is -0.306 e. The Morgan fingerprint density at radius 3 is 2.81 bits per heavy atom. The molecular formula is C16H19N5. The molecule has 3 aromatic rings. The van der Waals surface area contributed by atoms with Crippen molar-refractivity contribution < 1.29 is 0 Å². The van der Waals surface area contributed by atoms with E-state index in [-0.39, 0.29) is 6.04 Å². The maximum atomic E-state index is 4.50. The fraction of sp³-hybridized carbons (Fsp3) is 0.312. The maximum absolute atomic E-state index is 4.50. The molecule has 0 aliphatic heterocycles. The molecule has 0 amide bonds. The summed E-state index contributed by atoms with van der Waals surface area (Å²) in [7, 11) is 1.92. The lowest BCUT2D eigenvalue weighted by Crippen LogP contribution is -2.18. The Bertz CT molecular complexity index is 748. The summed E-state index contributed by atoms with van der Waals surface area (Å²) in [6.07, 6.45) is 5.55. The molecule has 0 saturated heterocycles. The number of aryl methyl sites for hydroxylation is 2. The highest BCUT2D eigenvalue weighted by molar-refractivity contribution is 5.78. The molecule has 1 N–H and O–H groups in total. The van der Waals surface area contributed by atoms with Crippen molar-refractivity contribution in [3.05, 3.63) is 53.6 Å². The number of hydrogen-bond donors (Lipinski definition) is 1. The Kier molecular flexibility index (Phi) is 3.66. The first-order chi connectivity index (χ1) is 10.1. The molecule has 0 saturated carbocycles. The molecule has 0 aliphatic carbocycles. The molecule has 3 rings (SSSR count). The van der Waals surface area contributed by atoms with Crippen molar-refractivity contribution in [2.45, 2.75) is 26.4 Å². The molecule has 5 heteroatoms. The van der Waals surface area contributed by atoms with Gasteiger partial charge < -0.3 is 5.32 Å². The molecule has 108 valence electrons. The van der Waals surface area contributed by atoms with Crippen LogP contribution in [-0.2, 0) is 13.6 Å². The summed E-state index contributed by atoms with van der Waals surface area (Å²) in [5, 5.41) is 9.03. The molecule has 1 atom stereocenters. The quantitative estimate of drug-likeness (QED) is 0.798. The van der Waals surface area contributed by atoms with Crippen molar-refractivity contribution >= 4 is 11.0 Å². The van der Waals surface area contributed by atoms with Crippen molar-refractivity contribution in [3.63, 3.8) is 0 Å². The van der Waals surface area contributed by atoms with E-state index in [9.17, 15) is 0 Å². The van der Waals surface area contributed by atoms with Gasteiger partial charge in [-0.3, -0.25) is 9.67 Å². The third-order valence-electron chi connectivity index (χ3n) is 3.74. The molecule has 21 heavy (non-hydrogen) atoms. The molecule has 0 spiro atoms. The average molecular weight is 281 g/mol. The first-order valence-corrected chi connectivity index (χ1v) is 7.06. The van der Waals surface area contributed by atoms with Crippen LogP contribution in [0.1, 0.15) is 29.8 Å². The number of rotatable bonds is 4. The molecule has 0 bridgehead atoms. The Morgan fingerprint density at radius 1 is 1.29 bits per heavy atom. The van der Waals surface area contributed by atoms with Gasteiger partial charge in [0.1, 0.15) is 0 Å². The lowest BCUT2D eigenvalue weighted by Gasteiger charge is -2.13. The van der Waals surface area contributed by atoms with Crippen LogP contribution >= 0.6 is 0 Å². The molecule has 5 nitrogen and oxygen atoms in total. The normalized spacial score (nSPS) is 12.7. The fourth-order valence-electron chi connectivity index (χ4n) is 2.49. The smallest absolute Gasteiger partial charge is 0.157 e. The summed E-state index contributed by atoms with van der Waals surface area (Å²) in [6, 6.07) is 6.50. The largest absolute Gasteiger partial charge is 0.306 e. The van der Waals surface area contributed by atoms with E-state index in [0.29, 0.717) is 0 Å². The van der Waals surface area contributed by atoms with Crippen molar-refractivity contribution in [2.75, 3.05) is 0 Å². The van der Waals surface area contributed by atoms with Gasteiger partial charge in [0.2, 0.25) is 0 Å². The van der Waals surface area contributed by atoms with Crippen LogP contribution < -0.4 is 5.32 Å². The van der Waals surface area contributed by atoms with Crippen molar-refractivity contribution in [3.8, 4) is 0 Å². The first-order valence-electron chi connectivity index (χ1n) is 7.06. The number of pyridine rings is 2. The first kappa shape index (κ1) is 13.7. The van der Waals surface area contributed by atoms with Crippen LogP contribution in [0.25, 0.3) is 11.0 Å². The van der Waals surface area contributed by atoms with E-state index in [2.05, 4.69) is 33.4 Å². The zero-order chi connectivity index (χ0) is 14.8. The van der Waals surface area contributed by atoms with Gasteiger partial charge in [0.25, 0.3) is 0 Å². The van der Waals surface area contributed by atoms with Crippen LogP contribution in [0.4, 0.5) is 0 Å². The van der Waals surface area contributed by atoms with E-state index >= 15 is 0 Å². The third-order valence-corrected chi connectivity index (χ3v) is 3.74. The summed E-state index contributed by atoms with van der Waals surface area (Å²) in [4.78, 5) is 8.55. The highest BCUT2D eigenvalue weighted by Crippen LogP contribution is 2.17. The number of fused-ring (bicyclic) bond motifs is 1. The van der Waals surface area contributed by atoms with E-state index in [0.717, 1.165) is 23.3 Å². The van der Waals surface area contributed by atoms with Crippen LogP contribution in [0.15, 0.2) is 36.8 Å². The molecule has 3 aromatic heterocycles. The Labute approximate surface area is 124 Å². The van der Waals surface area contributed by atoms with Gasteiger partial charge in [-0.05, 0) is 43.2 Å². The van der Waals surface area contributed by atoms with Crippen LogP contribution in [0, 0.1) is 6.92 Å². The van der Waals surface area contributed by atoms with Crippen LogP contribution in [0.2, 0.25) is 0 Å². The average Bonchev–Trinajstić information content (AvgIpc) is 2.80. The topological polar surface area (TPSA) is 55.6 Å². The van der Waals surface area contributed by atoms with Gasteiger partial charge in [0, 0.05) is 43.6 Å². The molecule has 0 radical (unpaired) electrons. The fourth-order valence-corrected chi connectivity index (χ4v) is 2.49. The van der Waals surface area contributed by atoms with Gasteiger partial charge in [-0.25, -0.2) is 4.98 Å². The minimum absolute atomic E-state index is 0.277. The summed E-state index contributed by atoms with van der Waals surface area (Å²) in [5.74, 6) is 0. The highest BCUT2D eigenvalue weighted by atomic mass is 15.3. The number of hydrogen-bond acceptors (Lipinski definition) is 4. The predicted molar refractivity (Wildman–Crippen MR) is 82.7 cm³/mol. The number of aromatic nitrogens is 4. The molecule has 0 fully saturated rings. The summed E-state index contributed by atoms with van der Waals surface area (Å²) in [5.41, 5.74) is 4.35. The summed E-state index contributed by atoms with van der Waals surface area (Å²) >= 11 is 0. The molecule has 3 heterocycles. The molecule has 1 unspecified atom stereocenters. The van der Waals surface area contributed by atoms with Gasteiger partial charge in [0.15, 0.2) is 5.65 Å². The van der Waals surface area contributed by atoms with E-state index in [4.69, 9.17) is 0 Å². The minimum atomic E-state index is 0.277. The monoisotopic (exact) mass is 281 g/mol.